The molecule has 6 N–H and O–H groups in total. The quantitative estimate of drug-likeness (QED) is 0.231. The van der Waals surface area contributed by atoms with Crippen LogP contribution in [0.25, 0.3) is 0 Å². The molecule has 0 aliphatic heterocycles. The third-order valence-electron chi connectivity index (χ3n) is 3.22. The average molecular weight is 338 g/mol. The first-order valence-corrected chi connectivity index (χ1v) is 6.16. The lowest BCUT2D eigenvalue weighted by Gasteiger charge is -2.19. The fourth-order valence-electron chi connectivity index (χ4n) is 2.22. The number of hydrogen-bond acceptors (Lipinski definition) is 10. The number of aliphatic hydroxyl groups excluding tert-OH is 1. The second-order valence-electron chi connectivity index (χ2n) is 4.46. The molecule has 0 amide bonds. The van der Waals surface area contributed by atoms with E-state index in [2.05, 4.69) is 4.42 Å². The number of phenols is 3. The maximum atomic E-state index is 12.3. The summed E-state index contributed by atoms with van der Waals surface area (Å²) >= 11 is 0. The predicted octanol–water partition coefficient (Wildman–Crippen LogP) is -0.448. The molecular formula is C14H10O10. The topological polar surface area (TPSA) is 186 Å². The molecule has 0 bridgehead atoms. The van der Waals surface area contributed by atoms with Gasteiger partial charge in [-0.15, -0.1) is 0 Å². The number of benzene rings is 1. The number of carbonyl (C=O) groups excluding carboxylic acids is 2. The second kappa shape index (κ2) is 5.59. The number of ketones is 2. The minimum Gasteiger partial charge on any atom is -0.507 e. The zero-order valence-electron chi connectivity index (χ0n) is 11.9. The molecule has 0 fully saturated rings. The van der Waals surface area contributed by atoms with Crippen molar-refractivity contribution in [1.29, 1.82) is 0 Å². The summed E-state index contributed by atoms with van der Waals surface area (Å²) < 4.78 is 4.48. The average Bonchev–Trinajstić information content (AvgIpc) is 2.55. The summed E-state index contributed by atoms with van der Waals surface area (Å²) in [4.78, 5) is 35.8. The zero-order valence-corrected chi connectivity index (χ0v) is 11.9. The van der Waals surface area contributed by atoms with Gasteiger partial charge in [0.2, 0.25) is 17.3 Å². The highest BCUT2D eigenvalue weighted by Gasteiger charge is 2.41. The molecule has 1 heterocycles. The van der Waals surface area contributed by atoms with Gasteiger partial charge in [0.25, 0.3) is 0 Å². The van der Waals surface area contributed by atoms with Crippen molar-refractivity contribution in [3.63, 3.8) is 0 Å². The van der Waals surface area contributed by atoms with Crippen LogP contribution in [0.1, 0.15) is 32.0 Å². The van der Waals surface area contributed by atoms with Crippen LogP contribution in [0.15, 0.2) is 15.3 Å². The molecule has 1 aromatic heterocycles. The fraction of sp³-hybridized carbons (Fsp3) is 0.0714. The molecule has 10 heteroatoms. The molecule has 0 unspecified atom stereocenters. The van der Waals surface area contributed by atoms with Gasteiger partial charge in [0.15, 0.2) is 23.0 Å². The Labute approximate surface area is 132 Å². The van der Waals surface area contributed by atoms with Gasteiger partial charge >= 0.3 is 5.63 Å². The largest absolute Gasteiger partial charge is 0.507 e. The van der Waals surface area contributed by atoms with Crippen LogP contribution in [0, 0.1) is 0 Å². The van der Waals surface area contributed by atoms with E-state index in [1.165, 1.54) is 0 Å². The Morgan fingerprint density at radius 1 is 0.708 bits per heavy atom. The van der Waals surface area contributed by atoms with E-state index >= 15 is 0 Å². The Kier molecular flexibility index (Phi) is 3.92. The molecule has 0 saturated heterocycles. The number of hydrogen-bond donors (Lipinski definition) is 6. The van der Waals surface area contributed by atoms with Crippen LogP contribution in [0.4, 0.5) is 0 Å². The zero-order chi connectivity index (χ0) is 18.3. The molecule has 10 nitrogen and oxygen atoms in total. The molecule has 0 radical (unpaired) electrons. The maximum Gasteiger partial charge on any atom is 0.382 e. The van der Waals surface area contributed by atoms with E-state index in [1.54, 1.807) is 0 Å². The Hall–Kier alpha value is -3.53. The summed E-state index contributed by atoms with van der Waals surface area (Å²) in [5.41, 5.74) is -3.78. The SMILES string of the molecule is CO.O=C1c2oc(=O)c(O)c(O)c2C(=O)c2c(O)c(O)cc(O)c21. The highest BCUT2D eigenvalue weighted by Crippen LogP contribution is 2.45. The second-order valence-corrected chi connectivity index (χ2v) is 4.46. The molecule has 1 aromatic carbocycles. The number of aromatic hydroxyl groups is 5. The first-order chi connectivity index (χ1) is 11.3. The van der Waals surface area contributed by atoms with Gasteiger partial charge in [-0.25, -0.2) is 4.79 Å². The molecule has 1 aliphatic carbocycles. The van der Waals surface area contributed by atoms with E-state index in [4.69, 9.17) is 5.11 Å². The third-order valence-corrected chi connectivity index (χ3v) is 3.22. The van der Waals surface area contributed by atoms with Crippen LogP contribution in [0.3, 0.4) is 0 Å². The van der Waals surface area contributed by atoms with Gasteiger partial charge in [-0.2, -0.15) is 0 Å². The van der Waals surface area contributed by atoms with Crippen LogP contribution in [-0.4, -0.2) is 49.3 Å². The molecule has 0 saturated carbocycles. The highest BCUT2D eigenvalue weighted by atomic mass is 16.4. The van der Waals surface area contributed by atoms with E-state index in [0.717, 1.165) is 7.11 Å². The van der Waals surface area contributed by atoms with Crippen LogP contribution in [0.5, 0.6) is 28.7 Å². The van der Waals surface area contributed by atoms with E-state index < -0.39 is 68.4 Å². The first-order valence-electron chi connectivity index (χ1n) is 6.16. The summed E-state index contributed by atoms with van der Waals surface area (Å²) in [6.07, 6.45) is 0. The predicted molar refractivity (Wildman–Crippen MR) is 74.8 cm³/mol. The van der Waals surface area contributed by atoms with E-state index in [0.29, 0.717) is 6.07 Å². The van der Waals surface area contributed by atoms with Crippen molar-refractivity contribution in [3.05, 3.63) is 38.9 Å². The number of phenolic OH excluding ortho intramolecular Hbond substituents is 3. The molecular weight excluding hydrogens is 328 g/mol. The van der Waals surface area contributed by atoms with Crippen LogP contribution in [-0.2, 0) is 0 Å². The van der Waals surface area contributed by atoms with Gasteiger partial charge in [0.05, 0.1) is 11.1 Å². The van der Waals surface area contributed by atoms with Gasteiger partial charge < -0.3 is 35.1 Å². The normalized spacial score (nSPS) is 12.1. The van der Waals surface area contributed by atoms with Crippen molar-refractivity contribution in [1.82, 2.24) is 0 Å². The smallest absolute Gasteiger partial charge is 0.382 e. The summed E-state index contributed by atoms with van der Waals surface area (Å²) in [5.74, 6) is -8.47. The van der Waals surface area contributed by atoms with Gasteiger partial charge in [-0.1, -0.05) is 0 Å². The molecule has 2 aromatic rings. The highest BCUT2D eigenvalue weighted by molar-refractivity contribution is 6.30. The van der Waals surface area contributed by atoms with Gasteiger partial charge in [-0.3, -0.25) is 9.59 Å². The number of fused-ring (bicyclic) bond motifs is 2. The van der Waals surface area contributed by atoms with Crippen molar-refractivity contribution in [2.75, 3.05) is 7.11 Å². The fourth-order valence-corrected chi connectivity index (χ4v) is 2.22. The monoisotopic (exact) mass is 338 g/mol. The lowest BCUT2D eigenvalue weighted by atomic mass is 9.85. The van der Waals surface area contributed by atoms with E-state index in [9.17, 15) is 39.9 Å². The Morgan fingerprint density at radius 3 is 1.88 bits per heavy atom. The van der Waals surface area contributed by atoms with E-state index in [1.807, 2.05) is 0 Å². The van der Waals surface area contributed by atoms with Crippen molar-refractivity contribution in [3.8, 4) is 28.7 Å². The standard InChI is InChI=1S/C13H6O9.CH4O/c14-2-1-3(15)7(16)5-4(2)10(19)12-6(8(5)17)9(18)11(20)13(21)22-12;1-2/h1,14-16,18,20H;2H,1H3. The molecule has 0 spiro atoms. The third kappa shape index (κ3) is 2.05. The number of carbonyl (C=O) groups is 2. The van der Waals surface area contributed by atoms with Gasteiger partial charge in [0, 0.05) is 13.2 Å². The Morgan fingerprint density at radius 2 is 1.29 bits per heavy atom. The number of rotatable bonds is 0. The minimum atomic E-state index is -1.46. The van der Waals surface area contributed by atoms with Crippen LogP contribution >= 0.6 is 0 Å². The minimum absolute atomic E-state index is 0.628. The Balaban J connectivity index is 0.00000100. The van der Waals surface area contributed by atoms with Gasteiger partial charge in [-0.05, 0) is 0 Å². The summed E-state index contributed by atoms with van der Waals surface area (Å²) in [7, 11) is 1.00. The Bertz CT molecular complexity index is 938. The molecule has 126 valence electrons. The summed E-state index contributed by atoms with van der Waals surface area (Å²) in [5, 5.41) is 54.8. The van der Waals surface area contributed by atoms with E-state index in [-0.39, 0.29) is 0 Å². The van der Waals surface area contributed by atoms with Gasteiger partial charge in [0.1, 0.15) is 11.3 Å². The van der Waals surface area contributed by atoms with Crippen molar-refractivity contribution < 1.29 is 44.6 Å². The molecule has 3 rings (SSSR count). The van der Waals surface area contributed by atoms with Crippen molar-refractivity contribution >= 4 is 11.6 Å². The van der Waals surface area contributed by atoms with Crippen LogP contribution < -0.4 is 5.63 Å². The molecule has 0 atom stereocenters. The number of aliphatic hydroxyl groups is 1. The first kappa shape index (κ1) is 16.8. The van der Waals surface area contributed by atoms with Crippen molar-refractivity contribution in [2.24, 2.45) is 0 Å². The van der Waals surface area contributed by atoms with Crippen molar-refractivity contribution in [2.45, 2.75) is 0 Å². The molecule has 1 aliphatic rings. The summed E-state index contributed by atoms with van der Waals surface area (Å²) in [6, 6.07) is 0.628. The molecule has 24 heavy (non-hydrogen) atoms. The van der Waals surface area contributed by atoms with Crippen LogP contribution in [0.2, 0.25) is 0 Å². The lowest BCUT2D eigenvalue weighted by Crippen LogP contribution is -2.23. The summed E-state index contributed by atoms with van der Waals surface area (Å²) in [6.45, 7) is 0. The lowest BCUT2D eigenvalue weighted by molar-refractivity contribution is 0.0942. The maximum absolute atomic E-state index is 12.3.